The first-order valence-electron chi connectivity index (χ1n) is 10.7. The fraction of sp³-hybridized carbons (Fsp3) is 0.304. The van der Waals surface area contributed by atoms with E-state index >= 15 is 0 Å². The van der Waals surface area contributed by atoms with Crippen molar-refractivity contribution in [2.75, 3.05) is 19.6 Å². The molecule has 1 N–H and O–H groups in total. The minimum atomic E-state index is -0.681. The summed E-state index contributed by atoms with van der Waals surface area (Å²) in [5.74, 6) is -0.505. The largest absolute Gasteiger partial charge is 0.342 e. The number of carbonyl (C=O) groups is 3. The number of amides is 3. The summed E-state index contributed by atoms with van der Waals surface area (Å²) in [5.41, 5.74) is 2.83. The van der Waals surface area contributed by atoms with Crippen LogP contribution in [0.15, 0.2) is 36.4 Å². The van der Waals surface area contributed by atoms with Gasteiger partial charge in [-0.25, -0.2) is 4.98 Å². The third-order valence-electron chi connectivity index (χ3n) is 6.35. The fourth-order valence-corrected chi connectivity index (χ4v) is 4.51. The lowest BCUT2D eigenvalue weighted by atomic mass is 9.96. The number of fused-ring (bicyclic) bond motifs is 2. The van der Waals surface area contributed by atoms with Crippen LogP contribution < -0.4 is 0 Å². The van der Waals surface area contributed by atoms with Crippen molar-refractivity contribution in [2.24, 2.45) is 0 Å². The molecule has 0 bridgehead atoms. The number of benzene rings is 2. The molecule has 0 spiro atoms. The van der Waals surface area contributed by atoms with Crippen molar-refractivity contribution in [3.05, 3.63) is 69.0 Å². The number of H-pyrrole nitrogens is 1. The molecule has 3 aromatic rings. The van der Waals surface area contributed by atoms with Gasteiger partial charge in [-0.1, -0.05) is 6.07 Å². The lowest BCUT2D eigenvalue weighted by molar-refractivity contribution is -0.384. The van der Waals surface area contributed by atoms with Gasteiger partial charge in [0.1, 0.15) is 12.4 Å². The molecule has 2 aliphatic heterocycles. The van der Waals surface area contributed by atoms with Crippen molar-refractivity contribution < 1.29 is 19.3 Å². The Bertz CT molecular complexity index is 1320. The van der Waals surface area contributed by atoms with Crippen molar-refractivity contribution in [1.82, 2.24) is 19.8 Å². The van der Waals surface area contributed by atoms with E-state index in [-0.39, 0.29) is 35.2 Å². The SMILES string of the molecule is Cc1ccc2nc(C3CCN(C(=O)CN4C(=O)c5ccc([N+](=O)[O-])cc5C4=O)CC3)[nH]c2c1. The van der Waals surface area contributed by atoms with Crippen molar-refractivity contribution in [3.63, 3.8) is 0 Å². The van der Waals surface area contributed by atoms with Crippen molar-refractivity contribution in [1.29, 1.82) is 0 Å². The van der Waals surface area contributed by atoms with E-state index in [0.717, 1.165) is 46.2 Å². The van der Waals surface area contributed by atoms with Gasteiger partial charge in [-0.2, -0.15) is 0 Å². The van der Waals surface area contributed by atoms with E-state index in [1.807, 2.05) is 19.1 Å². The second-order valence-corrected chi connectivity index (χ2v) is 8.48. The molecule has 168 valence electrons. The molecule has 3 amide bonds. The van der Waals surface area contributed by atoms with E-state index in [1.54, 1.807) is 4.90 Å². The number of non-ortho nitro benzene ring substituents is 1. The Morgan fingerprint density at radius 1 is 1.12 bits per heavy atom. The zero-order chi connectivity index (χ0) is 23.3. The monoisotopic (exact) mass is 447 g/mol. The minimum Gasteiger partial charge on any atom is -0.342 e. The van der Waals surface area contributed by atoms with Gasteiger partial charge in [0.2, 0.25) is 5.91 Å². The molecule has 1 aromatic heterocycles. The number of aromatic nitrogens is 2. The topological polar surface area (TPSA) is 130 Å². The highest BCUT2D eigenvalue weighted by Gasteiger charge is 2.39. The maximum absolute atomic E-state index is 12.8. The molecule has 1 fully saturated rings. The number of aromatic amines is 1. The normalized spacial score (nSPS) is 16.5. The Morgan fingerprint density at radius 2 is 1.85 bits per heavy atom. The number of nitrogens with zero attached hydrogens (tertiary/aromatic N) is 4. The molecule has 10 nitrogen and oxygen atoms in total. The molecule has 2 aromatic carbocycles. The Hall–Kier alpha value is -4.08. The number of nitro benzene ring substituents is 1. The molecule has 0 radical (unpaired) electrons. The van der Waals surface area contributed by atoms with Crippen LogP contribution in [0.25, 0.3) is 11.0 Å². The highest BCUT2D eigenvalue weighted by Crippen LogP contribution is 2.29. The third-order valence-corrected chi connectivity index (χ3v) is 6.35. The number of hydrogen-bond acceptors (Lipinski definition) is 6. The lowest BCUT2D eigenvalue weighted by Gasteiger charge is -2.32. The zero-order valence-corrected chi connectivity index (χ0v) is 17.9. The number of aryl methyl sites for hydroxylation is 1. The zero-order valence-electron chi connectivity index (χ0n) is 17.9. The van der Waals surface area contributed by atoms with Crippen LogP contribution in [0.5, 0.6) is 0 Å². The molecule has 33 heavy (non-hydrogen) atoms. The fourth-order valence-electron chi connectivity index (χ4n) is 4.51. The Morgan fingerprint density at radius 3 is 2.58 bits per heavy atom. The van der Waals surface area contributed by atoms with E-state index in [4.69, 9.17) is 0 Å². The molecule has 10 heteroatoms. The van der Waals surface area contributed by atoms with E-state index in [1.165, 1.54) is 12.1 Å². The molecule has 3 heterocycles. The van der Waals surface area contributed by atoms with E-state index in [9.17, 15) is 24.5 Å². The molecule has 5 rings (SSSR count). The van der Waals surface area contributed by atoms with Gasteiger partial charge in [0.15, 0.2) is 0 Å². The highest BCUT2D eigenvalue weighted by molar-refractivity contribution is 6.22. The van der Waals surface area contributed by atoms with Gasteiger partial charge in [-0.15, -0.1) is 0 Å². The quantitative estimate of drug-likeness (QED) is 0.372. The number of imide groups is 1. The number of imidazole rings is 1. The lowest BCUT2D eigenvalue weighted by Crippen LogP contribution is -2.45. The number of piperidine rings is 1. The second-order valence-electron chi connectivity index (χ2n) is 8.48. The van der Waals surface area contributed by atoms with Crippen LogP contribution in [0.2, 0.25) is 0 Å². The van der Waals surface area contributed by atoms with Crippen LogP contribution >= 0.6 is 0 Å². The maximum atomic E-state index is 12.8. The second kappa shape index (κ2) is 7.80. The summed E-state index contributed by atoms with van der Waals surface area (Å²) < 4.78 is 0. The van der Waals surface area contributed by atoms with Crippen LogP contribution in [0.4, 0.5) is 5.69 Å². The van der Waals surface area contributed by atoms with Crippen LogP contribution in [-0.4, -0.2) is 62.0 Å². The van der Waals surface area contributed by atoms with Gasteiger partial charge in [0, 0.05) is 31.1 Å². The van der Waals surface area contributed by atoms with Gasteiger partial charge in [0.05, 0.1) is 27.1 Å². The Balaban J connectivity index is 1.23. The smallest absolute Gasteiger partial charge is 0.270 e. The number of nitro groups is 1. The Labute approximate surface area is 188 Å². The number of hydrogen-bond donors (Lipinski definition) is 1. The van der Waals surface area contributed by atoms with Crippen molar-refractivity contribution in [2.45, 2.75) is 25.7 Å². The summed E-state index contributed by atoms with van der Waals surface area (Å²) in [6.45, 7) is 2.64. The van der Waals surface area contributed by atoms with Gasteiger partial charge in [0.25, 0.3) is 17.5 Å². The van der Waals surface area contributed by atoms with E-state index < -0.39 is 16.7 Å². The van der Waals surface area contributed by atoms with Gasteiger partial charge < -0.3 is 9.88 Å². The standard InChI is InChI=1S/C23H21N5O5/c1-13-2-5-18-19(10-13)25-21(24-18)14-6-8-26(9-7-14)20(29)12-27-22(30)16-4-3-15(28(32)33)11-17(16)23(27)31/h2-5,10-11,14H,6-9,12H2,1H3,(H,24,25). The van der Waals surface area contributed by atoms with Crippen LogP contribution in [0, 0.1) is 17.0 Å². The summed E-state index contributed by atoms with van der Waals surface area (Å²) in [6, 6.07) is 9.59. The predicted molar refractivity (Wildman–Crippen MR) is 118 cm³/mol. The van der Waals surface area contributed by atoms with E-state index in [0.29, 0.717) is 13.1 Å². The third kappa shape index (κ3) is 3.63. The molecule has 0 aliphatic carbocycles. The average molecular weight is 447 g/mol. The van der Waals surface area contributed by atoms with Crippen LogP contribution in [0.1, 0.15) is 50.9 Å². The average Bonchev–Trinajstić information content (AvgIpc) is 3.33. The summed E-state index contributed by atoms with van der Waals surface area (Å²) in [4.78, 5) is 59.0. The summed E-state index contributed by atoms with van der Waals surface area (Å²) in [7, 11) is 0. The minimum absolute atomic E-state index is 0.0409. The highest BCUT2D eigenvalue weighted by atomic mass is 16.6. The number of carbonyl (C=O) groups excluding carboxylic acids is 3. The number of nitrogens with one attached hydrogen (secondary N) is 1. The molecular formula is C23H21N5O5. The molecule has 0 atom stereocenters. The van der Waals surface area contributed by atoms with Gasteiger partial charge in [-0.05, 0) is 43.5 Å². The van der Waals surface area contributed by atoms with Gasteiger partial charge in [-0.3, -0.25) is 29.4 Å². The molecule has 0 unspecified atom stereocenters. The predicted octanol–water partition coefficient (Wildman–Crippen LogP) is 2.78. The molecule has 2 aliphatic rings. The van der Waals surface area contributed by atoms with Crippen LogP contribution in [-0.2, 0) is 4.79 Å². The van der Waals surface area contributed by atoms with Gasteiger partial charge >= 0.3 is 0 Å². The first kappa shape index (κ1) is 20.8. The molecule has 1 saturated heterocycles. The number of likely N-dealkylation sites (tertiary alicyclic amines) is 1. The summed E-state index contributed by atoms with van der Waals surface area (Å²) >= 11 is 0. The van der Waals surface area contributed by atoms with Crippen LogP contribution in [0.3, 0.4) is 0 Å². The van der Waals surface area contributed by atoms with Crippen molar-refractivity contribution in [3.8, 4) is 0 Å². The Kier molecular flexibility index (Phi) is 4.92. The first-order chi connectivity index (χ1) is 15.8. The van der Waals surface area contributed by atoms with Crippen molar-refractivity contribution >= 4 is 34.4 Å². The number of rotatable bonds is 4. The first-order valence-corrected chi connectivity index (χ1v) is 10.7. The summed E-state index contributed by atoms with van der Waals surface area (Å²) in [6.07, 6.45) is 1.44. The molecule has 0 saturated carbocycles. The maximum Gasteiger partial charge on any atom is 0.270 e. The summed E-state index contributed by atoms with van der Waals surface area (Å²) in [5, 5.41) is 11.0. The molecular weight excluding hydrogens is 426 g/mol. The van der Waals surface area contributed by atoms with E-state index in [2.05, 4.69) is 16.0 Å².